The normalized spacial score (nSPS) is 13.8. The molecular formula is C31H29ClFN7O3. The number of fused-ring (bicyclic) bond motifs is 2. The zero-order chi connectivity index (χ0) is 30.2. The molecule has 220 valence electrons. The van der Waals surface area contributed by atoms with Crippen molar-refractivity contribution in [2.45, 2.75) is 19.8 Å². The molecule has 1 saturated heterocycles. The smallest absolute Gasteiger partial charge is 0.318 e. The molecule has 0 aliphatic carbocycles. The van der Waals surface area contributed by atoms with Crippen LogP contribution in [-0.4, -0.2) is 69.7 Å². The molecule has 0 spiro atoms. The Bertz CT molecular complexity index is 1860. The Morgan fingerprint density at radius 2 is 1.98 bits per heavy atom. The number of carbonyl (C=O) groups is 1. The van der Waals surface area contributed by atoms with E-state index in [0.717, 1.165) is 5.39 Å². The number of nitrogens with zero attached hydrogens (tertiary/aromatic N) is 7. The molecule has 0 N–H and O–H groups in total. The van der Waals surface area contributed by atoms with Crippen molar-refractivity contribution in [1.82, 2.24) is 30.0 Å². The predicted molar refractivity (Wildman–Crippen MR) is 163 cm³/mol. The van der Waals surface area contributed by atoms with Crippen LogP contribution in [0, 0.1) is 11.7 Å². The van der Waals surface area contributed by atoms with E-state index in [1.54, 1.807) is 23.2 Å². The molecule has 5 aromatic rings. The van der Waals surface area contributed by atoms with E-state index in [9.17, 15) is 4.79 Å². The van der Waals surface area contributed by atoms with E-state index in [4.69, 9.17) is 20.9 Å². The van der Waals surface area contributed by atoms with Crippen molar-refractivity contribution in [3.63, 3.8) is 0 Å². The number of benzene rings is 2. The highest BCUT2D eigenvalue weighted by molar-refractivity contribution is 6.36. The van der Waals surface area contributed by atoms with Crippen LogP contribution in [0.3, 0.4) is 0 Å². The van der Waals surface area contributed by atoms with Crippen LogP contribution in [0.15, 0.2) is 53.2 Å². The summed E-state index contributed by atoms with van der Waals surface area (Å²) < 4.78 is 26.7. The highest BCUT2D eigenvalue weighted by Gasteiger charge is 2.31. The Hall–Kier alpha value is -4.64. The maximum atomic E-state index is 16.2. The summed E-state index contributed by atoms with van der Waals surface area (Å²) in [5, 5.41) is 6.45. The molecule has 3 aromatic heterocycles. The number of aromatic nitrogens is 5. The van der Waals surface area contributed by atoms with Gasteiger partial charge in [0.25, 0.3) is 5.89 Å². The number of ether oxygens (including phenoxy) is 1. The highest BCUT2D eigenvalue weighted by Crippen LogP contribution is 2.37. The van der Waals surface area contributed by atoms with Crippen molar-refractivity contribution < 1.29 is 18.4 Å². The van der Waals surface area contributed by atoms with E-state index in [1.165, 1.54) is 19.3 Å². The second-order valence-electron chi connectivity index (χ2n) is 10.8. The van der Waals surface area contributed by atoms with Gasteiger partial charge in [0.1, 0.15) is 17.0 Å². The fourth-order valence-electron chi connectivity index (χ4n) is 5.22. The third-order valence-corrected chi connectivity index (χ3v) is 7.75. The minimum atomic E-state index is -0.589. The van der Waals surface area contributed by atoms with Crippen LogP contribution >= 0.6 is 11.6 Å². The van der Waals surface area contributed by atoms with Gasteiger partial charge in [0.15, 0.2) is 11.6 Å². The van der Waals surface area contributed by atoms with Crippen molar-refractivity contribution in [1.29, 1.82) is 0 Å². The first-order chi connectivity index (χ1) is 20.7. The minimum Gasteiger partial charge on any atom is -0.467 e. The van der Waals surface area contributed by atoms with Gasteiger partial charge in [-0.1, -0.05) is 60.9 Å². The number of rotatable bonds is 8. The summed E-state index contributed by atoms with van der Waals surface area (Å²) in [4.78, 5) is 33.9. The first-order valence-electron chi connectivity index (χ1n) is 13.8. The number of methoxy groups -OCH3 is 1. The van der Waals surface area contributed by atoms with E-state index >= 15 is 4.39 Å². The fourth-order valence-corrected chi connectivity index (χ4v) is 5.50. The van der Waals surface area contributed by atoms with Gasteiger partial charge in [0.05, 0.1) is 12.5 Å². The number of amides is 1. The van der Waals surface area contributed by atoms with Crippen molar-refractivity contribution in [2.24, 2.45) is 5.92 Å². The summed E-state index contributed by atoms with van der Waals surface area (Å²) >= 11 is 6.51. The van der Waals surface area contributed by atoms with Crippen molar-refractivity contribution in [3.8, 4) is 17.3 Å². The number of anilines is 1. The van der Waals surface area contributed by atoms with Gasteiger partial charge in [-0.3, -0.25) is 9.78 Å². The van der Waals surface area contributed by atoms with Gasteiger partial charge in [-0.15, -0.1) is 0 Å². The number of carbonyl (C=O) groups excluding carboxylic acids is 1. The number of hydrogen-bond acceptors (Lipinski definition) is 9. The van der Waals surface area contributed by atoms with E-state index in [0.29, 0.717) is 58.5 Å². The maximum absolute atomic E-state index is 16.2. The third kappa shape index (κ3) is 5.48. The van der Waals surface area contributed by atoms with Crippen molar-refractivity contribution in [2.75, 3.05) is 38.7 Å². The SMILES string of the molecule is COc1nc(N(C)CC2CN(C(=O)/C=C/c3nc(C(C)C)no3)C2)c2cnc(-c3cccc4cccc(Cl)c34)c(F)c2n1. The topological polar surface area (TPSA) is 110 Å². The van der Waals surface area contributed by atoms with Crippen LogP contribution in [-0.2, 0) is 4.79 Å². The molecule has 0 saturated carbocycles. The second-order valence-corrected chi connectivity index (χ2v) is 11.2. The molecule has 12 heteroatoms. The summed E-state index contributed by atoms with van der Waals surface area (Å²) in [7, 11) is 3.31. The number of hydrogen-bond donors (Lipinski definition) is 0. The summed E-state index contributed by atoms with van der Waals surface area (Å²) in [5.41, 5.74) is 0.811. The standard InChI is InChI=1S/C31H29ClFN7O3/c1-17(2)29-35-23(43-38-29)11-12-24(41)40-15-18(16-40)14-39(3)30-21-13-34-27(26(33)28(21)36-31(37-30)42-4)20-9-5-7-19-8-6-10-22(32)25(19)20/h5-13,17-18H,14-16H2,1-4H3/b12-11+. The molecular weight excluding hydrogens is 573 g/mol. The number of halogens is 2. The third-order valence-electron chi connectivity index (χ3n) is 7.44. The van der Waals surface area contributed by atoms with Crippen LogP contribution in [0.5, 0.6) is 6.01 Å². The fraction of sp³-hybridized carbons (Fsp3) is 0.290. The second kappa shape index (κ2) is 11.6. The average molecular weight is 602 g/mol. The van der Waals surface area contributed by atoms with Gasteiger partial charge < -0.3 is 19.1 Å². The lowest BCUT2D eigenvalue weighted by Crippen LogP contribution is -2.53. The Labute approximate surface area is 252 Å². The Morgan fingerprint density at radius 1 is 1.21 bits per heavy atom. The quantitative estimate of drug-likeness (QED) is 0.205. The average Bonchev–Trinajstić information content (AvgIpc) is 3.47. The van der Waals surface area contributed by atoms with Crippen LogP contribution in [0.1, 0.15) is 31.5 Å². The zero-order valence-corrected chi connectivity index (χ0v) is 24.8. The molecule has 0 bridgehead atoms. The van der Waals surface area contributed by atoms with E-state index in [2.05, 4.69) is 25.1 Å². The summed E-state index contributed by atoms with van der Waals surface area (Å²) in [6.45, 7) is 5.63. The largest absolute Gasteiger partial charge is 0.467 e. The van der Waals surface area contributed by atoms with Crippen LogP contribution in [0.2, 0.25) is 5.02 Å². The minimum absolute atomic E-state index is 0.0403. The molecule has 43 heavy (non-hydrogen) atoms. The van der Waals surface area contributed by atoms with Crippen LogP contribution in [0.25, 0.3) is 39.0 Å². The highest BCUT2D eigenvalue weighted by atomic mass is 35.5. The van der Waals surface area contributed by atoms with Crippen molar-refractivity contribution >= 4 is 51.1 Å². The Kier molecular flexibility index (Phi) is 7.66. The molecule has 1 fully saturated rings. The zero-order valence-electron chi connectivity index (χ0n) is 24.1. The molecule has 6 rings (SSSR count). The monoisotopic (exact) mass is 601 g/mol. The van der Waals surface area contributed by atoms with E-state index < -0.39 is 5.82 Å². The lowest BCUT2D eigenvalue weighted by Gasteiger charge is -2.40. The molecule has 0 atom stereocenters. The Morgan fingerprint density at radius 3 is 2.70 bits per heavy atom. The molecule has 4 heterocycles. The van der Waals surface area contributed by atoms with Gasteiger partial charge in [-0.25, -0.2) is 4.39 Å². The summed E-state index contributed by atoms with van der Waals surface area (Å²) in [5.74, 6) is 0.975. The van der Waals surface area contributed by atoms with Gasteiger partial charge in [-0.2, -0.15) is 15.0 Å². The van der Waals surface area contributed by atoms with Gasteiger partial charge >= 0.3 is 6.01 Å². The molecule has 2 aromatic carbocycles. The van der Waals surface area contributed by atoms with Gasteiger partial charge in [-0.05, 0) is 11.5 Å². The lowest BCUT2D eigenvalue weighted by molar-refractivity contribution is -0.131. The summed E-state index contributed by atoms with van der Waals surface area (Å²) in [6, 6.07) is 11.1. The first kappa shape index (κ1) is 28.5. The van der Waals surface area contributed by atoms with Gasteiger partial charge in [0, 0.05) is 72.8 Å². The van der Waals surface area contributed by atoms with Crippen LogP contribution in [0.4, 0.5) is 10.2 Å². The number of likely N-dealkylation sites (tertiary alicyclic amines) is 1. The predicted octanol–water partition coefficient (Wildman–Crippen LogP) is 5.76. The summed E-state index contributed by atoms with van der Waals surface area (Å²) in [6.07, 6.45) is 4.55. The molecule has 1 amide bonds. The maximum Gasteiger partial charge on any atom is 0.318 e. The molecule has 10 nitrogen and oxygen atoms in total. The van der Waals surface area contributed by atoms with E-state index in [1.807, 2.05) is 50.1 Å². The molecule has 0 radical (unpaired) electrons. The Balaban J connectivity index is 1.21. The lowest BCUT2D eigenvalue weighted by atomic mass is 9.99. The van der Waals surface area contributed by atoms with Gasteiger partial charge in [0.2, 0.25) is 5.91 Å². The van der Waals surface area contributed by atoms with Crippen LogP contribution < -0.4 is 9.64 Å². The van der Waals surface area contributed by atoms with E-state index in [-0.39, 0.29) is 35.0 Å². The molecule has 1 aliphatic rings. The molecule has 1 aliphatic heterocycles. The van der Waals surface area contributed by atoms with Crippen molar-refractivity contribution in [3.05, 3.63) is 71.2 Å². The molecule has 0 unspecified atom stereocenters. The number of pyridine rings is 1. The first-order valence-corrected chi connectivity index (χ1v) is 14.2.